The highest BCUT2D eigenvalue weighted by molar-refractivity contribution is 7.16. The Bertz CT molecular complexity index is 649. The van der Waals surface area contributed by atoms with Crippen LogP contribution < -0.4 is 5.32 Å². The zero-order valence-electron chi connectivity index (χ0n) is 14.4. The van der Waals surface area contributed by atoms with Gasteiger partial charge in [-0.15, -0.1) is 11.3 Å². The van der Waals surface area contributed by atoms with Crippen molar-refractivity contribution in [2.24, 2.45) is 0 Å². The average Bonchev–Trinajstić information content (AvgIpc) is 2.74. The van der Waals surface area contributed by atoms with Crippen LogP contribution in [0, 0.1) is 11.3 Å². The Kier molecular flexibility index (Phi) is 5.54. The maximum absolute atomic E-state index is 12.7. The van der Waals surface area contributed by atoms with E-state index in [1.54, 1.807) is 11.3 Å². The monoisotopic (exact) mass is 347 g/mol. The Hall–Kier alpha value is -1.42. The van der Waals surface area contributed by atoms with Crippen molar-refractivity contribution in [3.8, 4) is 6.07 Å². The number of aryl methyl sites for hydroxylation is 1. The van der Waals surface area contributed by atoms with E-state index >= 15 is 0 Å². The van der Waals surface area contributed by atoms with Crippen molar-refractivity contribution in [1.29, 1.82) is 5.26 Å². The Morgan fingerprint density at radius 1 is 1.42 bits per heavy atom. The summed E-state index contributed by atoms with van der Waals surface area (Å²) in [4.78, 5) is 16.1. The third-order valence-corrected chi connectivity index (χ3v) is 6.18. The zero-order valence-corrected chi connectivity index (χ0v) is 15.2. The van der Waals surface area contributed by atoms with Crippen LogP contribution in [0.15, 0.2) is 0 Å². The van der Waals surface area contributed by atoms with Gasteiger partial charge in [0.15, 0.2) is 0 Å². The van der Waals surface area contributed by atoms with Crippen molar-refractivity contribution >= 4 is 22.2 Å². The largest absolute Gasteiger partial charge is 0.376 e. The predicted molar refractivity (Wildman–Crippen MR) is 95.4 cm³/mol. The highest BCUT2D eigenvalue weighted by atomic mass is 32.1. The number of morpholine rings is 1. The minimum Gasteiger partial charge on any atom is -0.376 e. The molecule has 1 fully saturated rings. The van der Waals surface area contributed by atoms with Crippen molar-refractivity contribution in [2.45, 2.75) is 58.1 Å². The van der Waals surface area contributed by atoms with Crippen LogP contribution in [0.3, 0.4) is 0 Å². The molecule has 1 amide bonds. The average molecular weight is 347 g/mol. The quantitative estimate of drug-likeness (QED) is 0.854. The number of carbonyl (C=O) groups is 1. The van der Waals surface area contributed by atoms with Crippen LogP contribution >= 0.6 is 11.3 Å². The number of fused-ring (bicyclic) bond motifs is 1. The van der Waals surface area contributed by atoms with Crippen LogP contribution in [-0.4, -0.2) is 42.6 Å². The molecule has 6 heteroatoms. The zero-order chi connectivity index (χ0) is 17.1. The number of hydrogen-bond donors (Lipinski definition) is 1. The molecule has 1 aromatic heterocycles. The summed E-state index contributed by atoms with van der Waals surface area (Å²) in [5.41, 5.74) is 1.86. The molecule has 0 aromatic carbocycles. The maximum Gasteiger partial charge on any atom is 0.242 e. The van der Waals surface area contributed by atoms with Crippen molar-refractivity contribution in [3.63, 3.8) is 0 Å². The summed E-state index contributed by atoms with van der Waals surface area (Å²) in [6.45, 7) is 6.15. The van der Waals surface area contributed by atoms with E-state index in [0.29, 0.717) is 12.2 Å². The van der Waals surface area contributed by atoms with Crippen molar-refractivity contribution in [3.05, 3.63) is 16.0 Å². The fourth-order valence-electron chi connectivity index (χ4n) is 3.53. The molecule has 1 aromatic rings. The Morgan fingerprint density at radius 2 is 2.21 bits per heavy atom. The number of rotatable bonds is 3. The molecule has 5 nitrogen and oxygen atoms in total. The first-order valence-electron chi connectivity index (χ1n) is 8.81. The summed E-state index contributed by atoms with van der Waals surface area (Å²) in [5.74, 6) is -0.0305. The van der Waals surface area contributed by atoms with Crippen LogP contribution in [0.2, 0.25) is 0 Å². The summed E-state index contributed by atoms with van der Waals surface area (Å²) >= 11 is 1.60. The van der Waals surface area contributed by atoms with E-state index in [-0.39, 0.29) is 18.1 Å². The minimum absolute atomic E-state index is 0.0305. The SMILES string of the molecule is C[C@H](C(=O)Nc1sc2c(c1C#N)CCCCC2)N1CCO[C@@H](C)C1. The number of amides is 1. The smallest absolute Gasteiger partial charge is 0.242 e. The molecule has 0 spiro atoms. The van der Waals surface area contributed by atoms with Gasteiger partial charge in [-0.05, 0) is 45.1 Å². The van der Waals surface area contributed by atoms with Gasteiger partial charge in [0.1, 0.15) is 11.1 Å². The van der Waals surface area contributed by atoms with Gasteiger partial charge in [0, 0.05) is 18.0 Å². The molecule has 0 bridgehead atoms. The van der Waals surface area contributed by atoms with E-state index in [9.17, 15) is 10.1 Å². The summed E-state index contributed by atoms with van der Waals surface area (Å²) in [7, 11) is 0. The number of nitriles is 1. The van der Waals surface area contributed by atoms with E-state index in [0.717, 1.165) is 37.4 Å². The van der Waals surface area contributed by atoms with Gasteiger partial charge in [-0.2, -0.15) is 5.26 Å². The van der Waals surface area contributed by atoms with Gasteiger partial charge in [0.05, 0.1) is 24.3 Å². The molecule has 2 atom stereocenters. The summed E-state index contributed by atoms with van der Waals surface area (Å²) in [6.07, 6.45) is 5.67. The molecular formula is C18H25N3O2S. The molecule has 2 heterocycles. The molecule has 24 heavy (non-hydrogen) atoms. The van der Waals surface area contributed by atoms with E-state index in [4.69, 9.17) is 4.74 Å². The lowest BCUT2D eigenvalue weighted by molar-refractivity contribution is -0.123. The van der Waals surface area contributed by atoms with Gasteiger partial charge in [0.2, 0.25) is 5.91 Å². The Labute approximate surface area is 147 Å². The molecule has 2 aliphatic rings. The van der Waals surface area contributed by atoms with Gasteiger partial charge in [-0.3, -0.25) is 9.69 Å². The van der Waals surface area contributed by atoms with Crippen LogP contribution in [0.1, 0.15) is 49.1 Å². The number of thiophene rings is 1. The van der Waals surface area contributed by atoms with Gasteiger partial charge in [-0.25, -0.2) is 0 Å². The normalized spacial score (nSPS) is 23.0. The lowest BCUT2D eigenvalue weighted by Gasteiger charge is -2.34. The summed E-state index contributed by atoms with van der Waals surface area (Å²) in [5, 5.41) is 13.3. The van der Waals surface area contributed by atoms with Crippen LogP contribution in [0.4, 0.5) is 5.00 Å². The van der Waals surface area contributed by atoms with Gasteiger partial charge >= 0.3 is 0 Å². The van der Waals surface area contributed by atoms with E-state index in [1.165, 1.54) is 23.3 Å². The Morgan fingerprint density at radius 3 is 2.96 bits per heavy atom. The van der Waals surface area contributed by atoms with Gasteiger partial charge in [-0.1, -0.05) is 6.42 Å². The minimum atomic E-state index is -0.218. The molecular weight excluding hydrogens is 322 g/mol. The molecule has 1 aliphatic heterocycles. The number of ether oxygens (including phenoxy) is 1. The first-order valence-corrected chi connectivity index (χ1v) is 9.63. The first kappa shape index (κ1) is 17.4. The third-order valence-electron chi connectivity index (χ3n) is 4.97. The van der Waals surface area contributed by atoms with Crippen LogP contribution in [0.25, 0.3) is 0 Å². The van der Waals surface area contributed by atoms with Crippen molar-refractivity contribution < 1.29 is 9.53 Å². The maximum atomic E-state index is 12.7. The Balaban J connectivity index is 1.73. The van der Waals surface area contributed by atoms with Crippen molar-refractivity contribution in [2.75, 3.05) is 25.0 Å². The fourth-order valence-corrected chi connectivity index (χ4v) is 4.77. The summed E-state index contributed by atoms with van der Waals surface area (Å²) < 4.78 is 5.55. The topological polar surface area (TPSA) is 65.4 Å². The van der Waals surface area contributed by atoms with Crippen LogP contribution in [-0.2, 0) is 22.4 Å². The van der Waals surface area contributed by atoms with Crippen LogP contribution in [0.5, 0.6) is 0 Å². The second kappa shape index (κ2) is 7.64. The van der Waals surface area contributed by atoms with Crippen molar-refractivity contribution in [1.82, 2.24) is 4.90 Å². The number of carbonyl (C=O) groups excluding carboxylic acids is 1. The highest BCUT2D eigenvalue weighted by Gasteiger charge is 2.28. The molecule has 1 aliphatic carbocycles. The molecule has 3 rings (SSSR count). The lowest BCUT2D eigenvalue weighted by Crippen LogP contribution is -2.50. The number of nitrogens with zero attached hydrogens (tertiary/aromatic N) is 2. The summed E-state index contributed by atoms with van der Waals surface area (Å²) in [6, 6.07) is 2.11. The standard InChI is InChI=1S/C18H25N3O2S/c1-12-11-21(8-9-23-12)13(2)17(22)20-18-15(10-19)14-6-4-3-5-7-16(14)24-18/h12-13H,3-9,11H2,1-2H3,(H,20,22)/t12-,13+/m0/s1. The number of nitrogens with one attached hydrogen (secondary N) is 1. The van der Waals surface area contributed by atoms with Gasteiger partial charge in [0.25, 0.3) is 0 Å². The molecule has 0 radical (unpaired) electrons. The molecule has 1 N–H and O–H groups in total. The molecule has 1 saturated heterocycles. The third kappa shape index (κ3) is 3.64. The van der Waals surface area contributed by atoms with E-state index in [1.807, 2.05) is 13.8 Å². The lowest BCUT2D eigenvalue weighted by atomic mass is 10.1. The molecule has 0 saturated carbocycles. The number of anilines is 1. The van der Waals surface area contributed by atoms with E-state index in [2.05, 4.69) is 16.3 Å². The second-order valence-electron chi connectivity index (χ2n) is 6.72. The highest BCUT2D eigenvalue weighted by Crippen LogP contribution is 2.37. The molecule has 0 unspecified atom stereocenters. The predicted octanol–water partition coefficient (Wildman–Crippen LogP) is 2.94. The van der Waals surface area contributed by atoms with Gasteiger partial charge < -0.3 is 10.1 Å². The molecule has 130 valence electrons. The number of hydrogen-bond acceptors (Lipinski definition) is 5. The fraction of sp³-hybridized carbons (Fsp3) is 0.667. The van der Waals surface area contributed by atoms with E-state index < -0.39 is 0 Å². The first-order chi connectivity index (χ1) is 11.6. The second-order valence-corrected chi connectivity index (χ2v) is 7.83.